The molecular weight excluding hydrogens is 444 g/mol. The van der Waals surface area contributed by atoms with E-state index in [1.807, 2.05) is 6.07 Å². The Hall–Kier alpha value is -0.370. The first-order valence-corrected chi connectivity index (χ1v) is 14.9. The lowest BCUT2D eigenvalue weighted by atomic mass is 10.0. The quantitative estimate of drug-likeness (QED) is 0.0568. The molecule has 0 aliphatic heterocycles. The zero-order valence-electron chi connectivity index (χ0n) is 19.3. The highest BCUT2D eigenvalue weighted by Gasteiger charge is 2.17. The minimum Gasteiger partial charge on any atom is -0.480 e. The van der Waals surface area contributed by atoms with Crippen molar-refractivity contribution in [2.24, 2.45) is 0 Å². The first-order chi connectivity index (χ1) is 15.2. The minimum atomic E-state index is -0.869. The molecule has 0 bridgehead atoms. The molecule has 0 spiro atoms. The highest BCUT2D eigenvalue weighted by molar-refractivity contribution is 8.75. The number of carbonyl (C=O) groups is 1. The van der Waals surface area contributed by atoms with Crippen molar-refractivity contribution >= 4 is 40.4 Å². The third kappa shape index (κ3) is 15.2. The monoisotopic (exact) mass is 487 g/mol. The summed E-state index contributed by atoms with van der Waals surface area (Å²) in [6.45, 7) is 3.29. The molecule has 0 aliphatic carbocycles. The van der Waals surface area contributed by atoms with E-state index in [2.05, 4.69) is 47.2 Å². The van der Waals surface area contributed by atoms with Crippen molar-refractivity contribution in [3.8, 4) is 0 Å². The number of aromatic nitrogens is 1. The van der Waals surface area contributed by atoms with Gasteiger partial charge in [0, 0.05) is 46.1 Å². The van der Waals surface area contributed by atoms with Gasteiger partial charge in [0.2, 0.25) is 0 Å². The summed E-state index contributed by atoms with van der Waals surface area (Å²) in [5.74, 6) is -0.594. The molecule has 2 N–H and O–H groups in total. The summed E-state index contributed by atoms with van der Waals surface area (Å²) >= 11 is 4.08. The molecule has 0 aromatic carbocycles. The largest absolute Gasteiger partial charge is 0.480 e. The molecule has 0 amide bonds. The average molecular weight is 488 g/mol. The molecule has 1 rings (SSSR count). The Balaban J connectivity index is 2.05. The number of aliphatic carboxylic acids is 1. The Bertz CT molecular complexity index is 576. The highest BCUT2D eigenvalue weighted by Crippen LogP contribution is 2.26. The second-order valence-electron chi connectivity index (χ2n) is 8.19. The summed E-state index contributed by atoms with van der Waals surface area (Å²) in [6.07, 6.45) is 21.3. The van der Waals surface area contributed by atoms with Gasteiger partial charge in [-0.25, -0.2) is 4.72 Å². The van der Waals surface area contributed by atoms with Crippen LogP contribution in [0.2, 0.25) is 0 Å². The number of pyridine rings is 1. The fourth-order valence-corrected chi connectivity index (χ4v) is 5.88. The van der Waals surface area contributed by atoms with Gasteiger partial charge in [0.15, 0.2) is 6.20 Å². The number of rotatable bonds is 21. The van der Waals surface area contributed by atoms with Crippen LogP contribution in [0.4, 0.5) is 0 Å². The molecule has 178 valence electrons. The summed E-state index contributed by atoms with van der Waals surface area (Å²) in [6, 6.07) is 5.53. The number of aryl methyl sites for hydroxylation is 1. The van der Waals surface area contributed by atoms with E-state index in [-0.39, 0.29) is 5.75 Å². The molecule has 0 aliphatic rings. The van der Waals surface area contributed by atoms with Gasteiger partial charge < -0.3 is 5.11 Å². The number of carboxylic acid groups (broad SMARTS) is 1. The smallest absolute Gasteiger partial charge is 0.322 e. The fourth-order valence-electron chi connectivity index (χ4n) is 3.49. The Morgan fingerprint density at radius 2 is 1.52 bits per heavy atom. The van der Waals surface area contributed by atoms with E-state index >= 15 is 0 Å². The van der Waals surface area contributed by atoms with Crippen LogP contribution in [0, 0.1) is 0 Å². The predicted molar refractivity (Wildman–Crippen MR) is 139 cm³/mol. The van der Waals surface area contributed by atoms with Gasteiger partial charge in [-0.15, -0.1) is 0 Å². The van der Waals surface area contributed by atoms with Gasteiger partial charge in [-0.3, -0.25) is 4.79 Å². The van der Waals surface area contributed by atoms with Crippen molar-refractivity contribution < 1.29 is 14.5 Å². The Morgan fingerprint density at radius 3 is 2.03 bits per heavy atom. The molecular formula is C24H43N2O2S3+. The van der Waals surface area contributed by atoms with E-state index in [0.717, 1.165) is 11.6 Å². The molecule has 1 aromatic rings. The first-order valence-electron chi connectivity index (χ1n) is 12.1. The van der Waals surface area contributed by atoms with Crippen LogP contribution in [-0.2, 0) is 11.3 Å². The molecule has 1 atom stereocenters. The summed E-state index contributed by atoms with van der Waals surface area (Å²) in [5, 5.41) is 10.2. The molecule has 0 fully saturated rings. The normalized spacial score (nSPS) is 12.2. The molecule has 0 saturated heterocycles. The van der Waals surface area contributed by atoms with Crippen LogP contribution in [-0.4, -0.2) is 22.9 Å². The zero-order valence-corrected chi connectivity index (χ0v) is 21.8. The van der Waals surface area contributed by atoms with Crippen LogP contribution in [0.15, 0.2) is 29.4 Å². The lowest BCUT2D eigenvalue weighted by Gasteiger charge is -2.09. The van der Waals surface area contributed by atoms with Crippen LogP contribution in [0.1, 0.15) is 96.8 Å². The third-order valence-corrected chi connectivity index (χ3v) is 7.87. The van der Waals surface area contributed by atoms with Gasteiger partial charge >= 0.3 is 5.97 Å². The number of hydrogen-bond acceptors (Lipinski definition) is 5. The van der Waals surface area contributed by atoms with Crippen LogP contribution < -0.4 is 9.29 Å². The maximum Gasteiger partial charge on any atom is 0.322 e. The molecule has 1 aromatic heterocycles. The number of thiol groups is 1. The van der Waals surface area contributed by atoms with Crippen molar-refractivity contribution in [1.82, 2.24) is 4.72 Å². The maximum absolute atomic E-state index is 11.1. The molecule has 1 heterocycles. The van der Waals surface area contributed by atoms with Crippen LogP contribution in [0.25, 0.3) is 0 Å². The molecule has 31 heavy (non-hydrogen) atoms. The fraction of sp³-hybridized carbons (Fsp3) is 0.750. The Labute approximate surface area is 203 Å². The topological polar surface area (TPSA) is 53.2 Å². The standard InChI is InChI=1S/C24H42N2O2S3/c1-2-3-4-5-6-7-8-9-10-11-12-13-14-16-19-26-20-17-15-18-23(26)30-31-25-22(21-29)24(27)28/h15,17-18,20,22,25H,2-14,16,19,21H2,1H3,(H-,27,28,29)/p+1. The maximum atomic E-state index is 11.1. The number of carboxylic acids is 1. The van der Waals surface area contributed by atoms with E-state index in [0.29, 0.717) is 0 Å². The van der Waals surface area contributed by atoms with Crippen LogP contribution >= 0.6 is 34.4 Å². The SMILES string of the molecule is CCCCCCCCCCCCCCCC[n+]1ccccc1SSNC(CS)C(=O)O. The third-order valence-electron chi connectivity index (χ3n) is 5.45. The molecule has 0 radical (unpaired) electrons. The van der Waals surface area contributed by atoms with Crippen molar-refractivity contribution in [2.75, 3.05) is 5.75 Å². The lowest BCUT2D eigenvalue weighted by molar-refractivity contribution is -0.733. The second kappa shape index (κ2) is 20.3. The van der Waals surface area contributed by atoms with Crippen LogP contribution in [0.5, 0.6) is 0 Å². The van der Waals surface area contributed by atoms with E-state index in [1.165, 1.54) is 101 Å². The highest BCUT2D eigenvalue weighted by atomic mass is 33.1. The Kier molecular flexibility index (Phi) is 18.7. The van der Waals surface area contributed by atoms with Crippen molar-refractivity contribution in [1.29, 1.82) is 0 Å². The minimum absolute atomic E-state index is 0.275. The number of unbranched alkanes of at least 4 members (excludes halogenated alkanes) is 13. The Morgan fingerprint density at radius 1 is 0.968 bits per heavy atom. The van der Waals surface area contributed by atoms with Gasteiger partial charge in [-0.2, -0.15) is 17.2 Å². The predicted octanol–water partition coefficient (Wildman–Crippen LogP) is 7.08. The van der Waals surface area contributed by atoms with Crippen LogP contribution in [0.3, 0.4) is 0 Å². The van der Waals surface area contributed by atoms with Gasteiger partial charge in [-0.05, 0) is 12.5 Å². The molecule has 1 unspecified atom stereocenters. The number of nitrogens with one attached hydrogen (secondary N) is 1. The van der Waals surface area contributed by atoms with Gasteiger partial charge in [0.25, 0.3) is 5.03 Å². The van der Waals surface area contributed by atoms with Gasteiger partial charge in [0.05, 0.1) is 0 Å². The summed E-state index contributed by atoms with van der Waals surface area (Å²) in [5.41, 5.74) is 0. The van der Waals surface area contributed by atoms with Crippen molar-refractivity contribution in [3.63, 3.8) is 0 Å². The molecule has 4 nitrogen and oxygen atoms in total. The number of nitrogens with zero attached hydrogens (tertiary/aromatic N) is 1. The average Bonchev–Trinajstić information content (AvgIpc) is 2.77. The molecule has 7 heteroatoms. The summed E-state index contributed by atoms with van der Waals surface area (Å²) < 4.78 is 5.21. The summed E-state index contributed by atoms with van der Waals surface area (Å²) in [7, 11) is 2.93. The second-order valence-corrected chi connectivity index (χ2v) is 10.5. The van der Waals surface area contributed by atoms with E-state index < -0.39 is 12.0 Å². The van der Waals surface area contributed by atoms with E-state index in [1.54, 1.807) is 10.8 Å². The van der Waals surface area contributed by atoms with Gasteiger partial charge in [-0.1, -0.05) is 84.0 Å². The van der Waals surface area contributed by atoms with Crippen molar-refractivity contribution in [2.45, 2.75) is 114 Å². The zero-order chi connectivity index (χ0) is 22.6. The van der Waals surface area contributed by atoms with E-state index in [4.69, 9.17) is 5.11 Å². The van der Waals surface area contributed by atoms with Gasteiger partial charge in [0.1, 0.15) is 12.6 Å². The molecule has 0 saturated carbocycles. The van der Waals surface area contributed by atoms with E-state index in [9.17, 15) is 4.79 Å². The lowest BCUT2D eigenvalue weighted by Crippen LogP contribution is -2.36. The summed E-state index contributed by atoms with van der Waals surface area (Å²) in [4.78, 5) is 11.1. The first kappa shape index (κ1) is 28.7. The van der Waals surface area contributed by atoms with Crippen molar-refractivity contribution in [3.05, 3.63) is 24.4 Å². The number of hydrogen-bond donors (Lipinski definition) is 3.